The quantitative estimate of drug-likeness (QED) is 0.429. The molecule has 0 bridgehead atoms. The molecule has 2 aromatic carbocycles. The Balaban J connectivity index is 0.00000167. The van der Waals surface area contributed by atoms with Crippen molar-refractivity contribution >= 4 is 23.2 Å². The van der Waals surface area contributed by atoms with Crippen LogP contribution in [0, 0.1) is 25.5 Å². The van der Waals surface area contributed by atoms with E-state index in [1.54, 1.807) is 6.92 Å². The lowest BCUT2D eigenvalue weighted by Gasteiger charge is -2.30. The molecule has 2 N–H and O–H groups in total. The standard InChI is InChI=1S/C25H25F2N5O.C2H6/c1-5-11-28-15(3)17-10-9-14(2)18(12-17)22-19-13-29-25(33)32(24(19)31-16(4)30-22)23-20(26)7-6-8-21(23)27;1-2/h6-10,12,28H,3,5,11,13H2,1-2,4H3,(H,29,33);1-2H3. The lowest BCUT2D eigenvalue weighted by atomic mass is 9.97. The number of fused-ring (bicyclic) bond motifs is 1. The summed E-state index contributed by atoms with van der Waals surface area (Å²) >= 11 is 0. The molecule has 0 saturated heterocycles. The zero-order valence-electron chi connectivity index (χ0n) is 20.8. The highest BCUT2D eigenvalue weighted by Gasteiger charge is 2.33. The van der Waals surface area contributed by atoms with Crippen molar-refractivity contribution < 1.29 is 13.6 Å². The van der Waals surface area contributed by atoms with Gasteiger partial charge in [0.25, 0.3) is 0 Å². The van der Waals surface area contributed by atoms with Crippen LogP contribution >= 0.6 is 0 Å². The van der Waals surface area contributed by atoms with E-state index in [9.17, 15) is 13.6 Å². The average molecular weight is 480 g/mol. The molecular formula is C27H31F2N5O. The van der Waals surface area contributed by atoms with Gasteiger partial charge in [0.05, 0.1) is 12.2 Å². The van der Waals surface area contributed by atoms with E-state index in [0.29, 0.717) is 17.1 Å². The molecule has 2 heterocycles. The lowest BCUT2D eigenvalue weighted by Crippen LogP contribution is -2.43. The van der Waals surface area contributed by atoms with E-state index in [-0.39, 0.29) is 12.4 Å². The van der Waals surface area contributed by atoms with E-state index in [1.807, 2.05) is 39.0 Å². The SMILES string of the molecule is C=C(NCCC)c1ccc(C)c(-c2nc(C)nc3c2CNC(=O)N3c2c(F)cccc2F)c1.CC. The number of carbonyl (C=O) groups is 1. The van der Waals surface area contributed by atoms with Crippen molar-refractivity contribution in [3.8, 4) is 11.3 Å². The number of halogens is 2. The molecule has 1 aliphatic heterocycles. The van der Waals surface area contributed by atoms with Gasteiger partial charge in [0.15, 0.2) is 5.82 Å². The molecule has 3 aromatic rings. The van der Waals surface area contributed by atoms with Gasteiger partial charge in [0.1, 0.15) is 23.1 Å². The van der Waals surface area contributed by atoms with Gasteiger partial charge in [-0.05, 0) is 49.6 Å². The van der Waals surface area contributed by atoms with E-state index in [4.69, 9.17) is 0 Å². The Hall–Kier alpha value is -3.81. The first kappa shape index (κ1) is 25.8. The lowest BCUT2D eigenvalue weighted by molar-refractivity contribution is 0.246. The number of nitrogens with zero attached hydrogens (tertiary/aromatic N) is 3. The van der Waals surface area contributed by atoms with Gasteiger partial charge in [-0.2, -0.15) is 0 Å². The number of benzene rings is 2. The largest absolute Gasteiger partial charge is 0.385 e. The molecule has 184 valence electrons. The molecule has 0 fully saturated rings. The summed E-state index contributed by atoms with van der Waals surface area (Å²) in [4.78, 5) is 22.7. The van der Waals surface area contributed by atoms with Crippen LogP contribution in [0.2, 0.25) is 0 Å². The predicted octanol–water partition coefficient (Wildman–Crippen LogP) is 6.40. The van der Waals surface area contributed by atoms with Crippen molar-refractivity contribution in [2.45, 2.75) is 47.6 Å². The van der Waals surface area contributed by atoms with E-state index < -0.39 is 23.4 Å². The molecule has 4 rings (SSSR count). The van der Waals surface area contributed by atoms with Crippen LogP contribution < -0.4 is 15.5 Å². The average Bonchev–Trinajstić information content (AvgIpc) is 2.84. The van der Waals surface area contributed by atoms with Crippen LogP contribution in [0.4, 0.5) is 25.1 Å². The van der Waals surface area contributed by atoms with Gasteiger partial charge in [-0.25, -0.2) is 28.4 Å². The van der Waals surface area contributed by atoms with Gasteiger partial charge in [-0.1, -0.05) is 45.5 Å². The van der Waals surface area contributed by atoms with Gasteiger partial charge in [-0.3, -0.25) is 0 Å². The highest BCUT2D eigenvalue weighted by Crippen LogP contribution is 2.38. The first-order valence-corrected chi connectivity index (χ1v) is 11.8. The Bertz CT molecular complexity index is 1240. The summed E-state index contributed by atoms with van der Waals surface area (Å²) in [6.45, 7) is 14.8. The zero-order valence-corrected chi connectivity index (χ0v) is 20.8. The predicted molar refractivity (Wildman–Crippen MR) is 136 cm³/mol. The van der Waals surface area contributed by atoms with Crippen molar-refractivity contribution in [3.63, 3.8) is 0 Å². The third-order valence-corrected chi connectivity index (χ3v) is 5.52. The summed E-state index contributed by atoms with van der Waals surface area (Å²) in [6.07, 6.45) is 0.971. The van der Waals surface area contributed by atoms with Crippen LogP contribution in [0.5, 0.6) is 0 Å². The van der Waals surface area contributed by atoms with E-state index in [0.717, 1.165) is 52.4 Å². The first-order chi connectivity index (χ1) is 16.8. The van der Waals surface area contributed by atoms with Crippen LogP contribution in [0.15, 0.2) is 43.0 Å². The summed E-state index contributed by atoms with van der Waals surface area (Å²) in [6, 6.07) is 8.75. The monoisotopic (exact) mass is 479 g/mol. The van der Waals surface area contributed by atoms with Crippen molar-refractivity contribution in [1.82, 2.24) is 20.6 Å². The number of amides is 2. The number of carbonyl (C=O) groups excluding carboxylic acids is 1. The number of aromatic nitrogens is 2. The normalized spacial score (nSPS) is 12.3. The number of anilines is 2. The third-order valence-electron chi connectivity index (χ3n) is 5.52. The van der Waals surface area contributed by atoms with Crippen molar-refractivity contribution in [1.29, 1.82) is 0 Å². The smallest absolute Gasteiger partial charge is 0.328 e. The topological polar surface area (TPSA) is 70.1 Å². The number of nitrogens with one attached hydrogen (secondary N) is 2. The molecule has 0 aliphatic carbocycles. The van der Waals surface area contributed by atoms with Crippen LogP contribution in [0.3, 0.4) is 0 Å². The van der Waals surface area contributed by atoms with E-state index in [2.05, 4.69) is 34.1 Å². The number of hydrogen-bond donors (Lipinski definition) is 2. The maximum atomic E-state index is 14.6. The maximum Gasteiger partial charge on any atom is 0.328 e. The fourth-order valence-electron chi connectivity index (χ4n) is 3.84. The summed E-state index contributed by atoms with van der Waals surface area (Å²) in [5.41, 5.74) is 4.20. The Morgan fingerprint density at radius 1 is 1.14 bits per heavy atom. The zero-order chi connectivity index (χ0) is 25.7. The Morgan fingerprint density at radius 2 is 1.83 bits per heavy atom. The first-order valence-electron chi connectivity index (χ1n) is 11.8. The Morgan fingerprint density at radius 3 is 2.49 bits per heavy atom. The molecule has 0 saturated carbocycles. The molecule has 35 heavy (non-hydrogen) atoms. The molecule has 2 amide bonds. The minimum Gasteiger partial charge on any atom is -0.385 e. The second kappa shape index (κ2) is 11.1. The number of para-hydroxylation sites is 1. The Labute approximate surface area is 205 Å². The van der Waals surface area contributed by atoms with Crippen LogP contribution in [-0.2, 0) is 6.54 Å². The molecule has 0 spiro atoms. The fraction of sp³-hybridized carbons (Fsp3) is 0.296. The van der Waals surface area contributed by atoms with Gasteiger partial charge in [-0.15, -0.1) is 0 Å². The van der Waals surface area contributed by atoms with Crippen molar-refractivity contribution in [2.24, 2.45) is 0 Å². The van der Waals surface area contributed by atoms with Gasteiger partial charge < -0.3 is 10.6 Å². The second-order valence-corrected chi connectivity index (χ2v) is 7.92. The maximum absolute atomic E-state index is 14.6. The van der Waals surface area contributed by atoms with Crippen LogP contribution in [-0.4, -0.2) is 22.5 Å². The summed E-state index contributed by atoms with van der Waals surface area (Å²) in [5.74, 6) is -1.16. The molecule has 0 atom stereocenters. The number of rotatable bonds is 6. The van der Waals surface area contributed by atoms with Gasteiger partial charge >= 0.3 is 6.03 Å². The number of aryl methyl sites for hydroxylation is 2. The van der Waals surface area contributed by atoms with Crippen molar-refractivity contribution in [2.75, 3.05) is 11.4 Å². The molecule has 0 radical (unpaired) electrons. The number of hydrogen-bond acceptors (Lipinski definition) is 4. The summed E-state index contributed by atoms with van der Waals surface area (Å²) in [5, 5.41) is 5.99. The van der Waals surface area contributed by atoms with Crippen molar-refractivity contribution in [3.05, 3.63) is 77.1 Å². The third kappa shape index (κ3) is 5.16. The fourth-order valence-corrected chi connectivity index (χ4v) is 3.84. The van der Waals surface area contributed by atoms with E-state index >= 15 is 0 Å². The van der Waals surface area contributed by atoms with Gasteiger partial charge in [0, 0.05) is 23.4 Å². The molecule has 1 aromatic heterocycles. The summed E-state index contributed by atoms with van der Waals surface area (Å²) < 4.78 is 29.2. The summed E-state index contributed by atoms with van der Waals surface area (Å²) in [7, 11) is 0. The minimum absolute atomic E-state index is 0.134. The highest BCUT2D eigenvalue weighted by molar-refractivity contribution is 6.02. The molecule has 6 nitrogen and oxygen atoms in total. The molecule has 1 aliphatic rings. The highest BCUT2D eigenvalue weighted by atomic mass is 19.1. The second-order valence-electron chi connectivity index (χ2n) is 7.92. The molecule has 0 unspecified atom stereocenters. The Kier molecular flexibility index (Phi) is 8.17. The van der Waals surface area contributed by atoms with Gasteiger partial charge in [0.2, 0.25) is 0 Å². The van der Waals surface area contributed by atoms with Crippen LogP contribution in [0.25, 0.3) is 17.0 Å². The molecular weight excluding hydrogens is 448 g/mol. The van der Waals surface area contributed by atoms with E-state index in [1.165, 1.54) is 6.07 Å². The van der Waals surface area contributed by atoms with Crippen LogP contribution in [0.1, 0.15) is 49.7 Å². The minimum atomic E-state index is -0.854. The molecule has 8 heteroatoms. The number of urea groups is 1.